The first-order chi connectivity index (χ1) is 11.0. The Morgan fingerprint density at radius 3 is 2.39 bits per heavy atom. The van der Waals surface area contributed by atoms with Crippen LogP contribution in [0.3, 0.4) is 0 Å². The maximum absolute atomic E-state index is 12.6. The Morgan fingerprint density at radius 2 is 1.74 bits per heavy atom. The van der Waals surface area contributed by atoms with Crippen molar-refractivity contribution in [2.75, 3.05) is 0 Å². The Bertz CT molecular complexity index is 747. The first kappa shape index (κ1) is 17.1. The van der Waals surface area contributed by atoms with Crippen LogP contribution in [0.4, 0.5) is 0 Å². The van der Waals surface area contributed by atoms with Crippen molar-refractivity contribution in [1.29, 1.82) is 5.26 Å². The van der Waals surface area contributed by atoms with Crippen LogP contribution in [-0.2, 0) is 0 Å². The van der Waals surface area contributed by atoms with E-state index in [1.54, 1.807) is 6.07 Å². The fourth-order valence-electron chi connectivity index (χ4n) is 1.97. The molecule has 1 amide bonds. The molecular formula is C19H20N2OS. The number of hydrogen-bond donors (Lipinski definition) is 1. The van der Waals surface area contributed by atoms with Gasteiger partial charge in [-0.3, -0.25) is 4.79 Å². The SMILES string of the molecule is CCC(C)(C)NC(=O)c1ccccc1Sc1ccccc1C#N. The van der Waals surface area contributed by atoms with Gasteiger partial charge in [-0.25, -0.2) is 0 Å². The summed E-state index contributed by atoms with van der Waals surface area (Å²) in [6.07, 6.45) is 0.852. The molecule has 0 aliphatic carbocycles. The van der Waals surface area contributed by atoms with Crippen LogP contribution < -0.4 is 5.32 Å². The van der Waals surface area contributed by atoms with Gasteiger partial charge in [0.15, 0.2) is 0 Å². The maximum Gasteiger partial charge on any atom is 0.252 e. The zero-order chi connectivity index (χ0) is 16.9. The fourth-order valence-corrected chi connectivity index (χ4v) is 3.00. The standard InChI is InChI=1S/C19H20N2OS/c1-4-19(2,3)21-18(22)15-10-6-8-12-17(15)23-16-11-7-5-9-14(16)13-20/h5-12H,4H2,1-3H3,(H,21,22). The van der Waals surface area contributed by atoms with Crippen LogP contribution in [0.1, 0.15) is 43.1 Å². The third kappa shape index (κ3) is 4.37. The molecule has 118 valence electrons. The zero-order valence-electron chi connectivity index (χ0n) is 13.6. The van der Waals surface area contributed by atoms with Gasteiger partial charge in [-0.1, -0.05) is 43.0 Å². The molecule has 0 aliphatic rings. The molecule has 0 heterocycles. The number of benzene rings is 2. The average Bonchev–Trinajstić information content (AvgIpc) is 2.55. The highest BCUT2D eigenvalue weighted by Gasteiger charge is 2.21. The minimum atomic E-state index is -0.251. The minimum absolute atomic E-state index is 0.0885. The van der Waals surface area contributed by atoms with Crippen molar-refractivity contribution in [3.8, 4) is 6.07 Å². The van der Waals surface area contributed by atoms with Crippen molar-refractivity contribution in [3.05, 3.63) is 59.7 Å². The molecule has 0 saturated carbocycles. The van der Waals surface area contributed by atoms with E-state index in [9.17, 15) is 10.1 Å². The molecule has 0 atom stereocenters. The van der Waals surface area contributed by atoms with Crippen molar-refractivity contribution in [2.24, 2.45) is 0 Å². The lowest BCUT2D eigenvalue weighted by Crippen LogP contribution is -2.42. The van der Waals surface area contributed by atoms with Gasteiger partial charge in [0.05, 0.1) is 11.1 Å². The Labute approximate surface area is 141 Å². The molecule has 3 nitrogen and oxygen atoms in total. The monoisotopic (exact) mass is 324 g/mol. The molecule has 2 aromatic rings. The summed E-state index contributed by atoms with van der Waals surface area (Å²) in [5.74, 6) is -0.0885. The number of rotatable bonds is 5. The summed E-state index contributed by atoms with van der Waals surface area (Å²) >= 11 is 1.44. The van der Waals surface area contributed by atoms with Gasteiger partial charge in [-0.05, 0) is 44.5 Å². The van der Waals surface area contributed by atoms with Gasteiger partial charge < -0.3 is 5.32 Å². The van der Waals surface area contributed by atoms with Gasteiger partial charge in [-0.15, -0.1) is 0 Å². The summed E-state index contributed by atoms with van der Waals surface area (Å²) in [5, 5.41) is 12.3. The number of nitriles is 1. The molecule has 0 spiro atoms. The van der Waals surface area contributed by atoms with Gasteiger partial charge in [0.25, 0.3) is 5.91 Å². The summed E-state index contributed by atoms with van der Waals surface area (Å²) in [5.41, 5.74) is 0.993. The molecule has 0 radical (unpaired) electrons. The van der Waals surface area contributed by atoms with E-state index in [1.807, 2.05) is 63.2 Å². The molecule has 23 heavy (non-hydrogen) atoms. The largest absolute Gasteiger partial charge is 0.347 e. The number of hydrogen-bond acceptors (Lipinski definition) is 3. The highest BCUT2D eigenvalue weighted by Crippen LogP contribution is 2.32. The van der Waals surface area contributed by atoms with E-state index >= 15 is 0 Å². The second-order valence-corrected chi connectivity index (χ2v) is 6.98. The van der Waals surface area contributed by atoms with E-state index in [0.717, 1.165) is 16.2 Å². The van der Waals surface area contributed by atoms with Crippen LogP contribution in [0.5, 0.6) is 0 Å². The summed E-state index contributed by atoms with van der Waals surface area (Å²) in [6, 6.07) is 17.1. The van der Waals surface area contributed by atoms with Crippen LogP contribution in [0.2, 0.25) is 0 Å². The predicted molar refractivity (Wildman–Crippen MR) is 93.6 cm³/mol. The molecule has 0 unspecified atom stereocenters. The molecule has 0 fully saturated rings. The molecule has 2 rings (SSSR count). The fraction of sp³-hybridized carbons (Fsp3) is 0.263. The third-order valence-electron chi connectivity index (χ3n) is 3.69. The van der Waals surface area contributed by atoms with Crippen LogP contribution >= 0.6 is 11.8 Å². The quantitative estimate of drug-likeness (QED) is 0.872. The Hall–Kier alpha value is -2.25. The lowest BCUT2D eigenvalue weighted by molar-refractivity contribution is 0.0908. The number of carbonyl (C=O) groups is 1. The second kappa shape index (κ2) is 7.34. The van der Waals surface area contributed by atoms with E-state index in [1.165, 1.54) is 11.8 Å². The Kier molecular flexibility index (Phi) is 5.46. The molecule has 2 aromatic carbocycles. The van der Waals surface area contributed by atoms with Crippen molar-refractivity contribution < 1.29 is 4.79 Å². The van der Waals surface area contributed by atoms with Gasteiger partial charge in [-0.2, -0.15) is 5.26 Å². The molecule has 1 N–H and O–H groups in total. The van der Waals surface area contributed by atoms with E-state index in [4.69, 9.17) is 0 Å². The topological polar surface area (TPSA) is 52.9 Å². The van der Waals surface area contributed by atoms with Crippen LogP contribution in [0.15, 0.2) is 58.3 Å². The minimum Gasteiger partial charge on any atom is -0.347 e. The van der Waals surface area contributed by atoms with E-state index in [2.05, 4.69) is 11.4 Å². The van der Waals surface area contributed by atoms with E-state index < -0.39 is 0 Å². The molecule has 0 bridgehead atoms. The maximum atomic E-state index is 12.6. The Morgan fingerprint density at radius 1 is 1.13 bits per heavy atom. The molecule has 0 aromatic heterocycles. The third-order valence-corrected chi connectivity index (χ3v) is 4.85. The first-order valence-electron chi connectivity index (χ1n) is 7.55. The summed E-state index contributed by atoms with van der Waals surface area (Å²) in [7, 11) is 0. The molecule has 0 saturated heterocycles. The number of amides is 1. The highest BCUT2D eigenvalue weighted by molar-refractivity contribution is 7.99. The first-order valence-corrected chi connectivity index (χ1v) is 8.37. The van der Waals surface area contributed by atoms with Crippen LogP contribution in [0, 0.1) is 11.3 Å². The number of nitrogens with zero attached hydrogens (tertiary/aromatic N) is 1. The van der Waals surface area contributed by atoms with Crippen molar-refractivity contribution >= 4 is 17.7 Å². The van der Waals surface area contributed by atoms with Crippen LogP contribution in [-0.4, -0.2) is 11.4 Å². The van der Waals surface area contributed by atoms with Gasteiger partial charge in [0.2, 0.25) is 0 Å². The van der Waals surface area contributed by atoms with Gasteiger partial charge in [0.1, 0.15) is 6.07 Å². The number of nitrogens with one attached hydrogen (secondary N) is 1. The van der Waals surface area contributed by atoms with Crippen molar-refractivity contribution in [2.45, 2.75) is 42.5 Å². The summed E-state index contributed by atoms with van der Waals surface area (Å²) in [6.45, 7) is 6.06. The lowest BCUT2D eigenvalue weighted by Gasteiger charge is -2.25. The van der Waals surface area contributed by atoms with E-state index in [0.29, 0.717) is 11.1 Å². The zero-order valence-corrected chi connectivity index (χ0v) is 14.4. The summed E-state index contributed by atoms with van der Waals surface area (Å²) < 4.78 is 0. The van der Waals surface area contributed by atoms with Gasteiger partial charge >= 0.3 is 0 Å². The van der Waals surface area contributed by atoms with Gasteiger partial charge in [0, 0.05) is 15.3 Å². The molecular weight excluding hydrogens is 304 g/mol. The smallest absolute Gasteiger partial charge is 0.252 e. The molecule has 0 aliphatic heterocycles. The second-order valence-electron chi connectivity index (χ2n) is 5.90. The predicted octanol–water partition coefficient (Wildman–Crippen LogP) is 4.63. The van der Waals surface area contributed by atoms with Crippen molar-refractivity contribution in [1.82, 2.24) is 5.32 Å². The summed E-state index contributed by atoms with van der Waals surface area (Å²) in [4.78, 5) is 14.3. The normalized spacial score (nSPS) is 10.9. The molecule has 4 heteroatoms. The lowest BCUT2D eigenvalue weighted by atomic mass is 10.0. The van der Waals surface area contributed by atoms with Crippen LogP contribution in [0.25, 0.3) is 0 Å². The van der Waals surface area contributed by atoms with E-state index in [-0.39, 0.29) is 11.4 Å². The average molecular weight is 324 g/mol. The van der Waals surface area contributed by atoms with Crippen molar-refractivity contribution in [3.63, 3.8) is 0 Å². The number of carbonyl (C=O) groups excluding carboxylic acids is 1. The Balaban J connectivity index is 2.31. The highest BCUT2D eigenvalue weighted by atomic mass is 32.2.